The Bertz CT molecular complexity index is 1130. The Morgan fingerprint density at radius 1 is 0.500 bits per heavy atom. The molecule has 0 amide bonds. The van der Waals surface area contributed by atoms with Crippen molar-refractivity contribution in [2.75, 3.05) is 79.0 Å². The molecule has 5 rings (SSSR count). The Hall–Kier alpha value is -3.00. The molecule has 38 heavy (non-hydrogen) atoms. The molecule has 2 aromatic heterocycles. The minimum absolute atomic E-state index is 0.549. The van der Waals surface area contributed by atoms with Gasteiger partial charge in [0.1, 0.15) is 11.0 Å². The molecule has 1 fully saturated rings. The average Bonchev–Trinajstić information content (AvgIpc) is 3.55. The molecule has 0 saturated carbocycles. The van der Waals surface area contributed by atoms with Gasteiger partial charge in [0.15, 0.2) is 0 Å². The van der Waals surface area contributed by atoms with Gasteiger partial charge < -0.3 is 18.9 Å². The predicted molar refractivity (Wildman–Crippen MR) is 141 cm³/mol. The van der Waals surface area contributed by atoms with Gasteiger partial charge in [0, 0.05) is 26.2 Å². The molecule has 1 saturated heterocycles. The number of benzene rings is 2. The van der Waals surface area contributed by atoms with E-state index in [1.54, 1.807) is 0 Å². The molecule has 1 aliphatic heterocycles. The molecule has 1 aliphatic rings. The molecular formula is C26H36N8O4. The number of hydrogen-bond donors (Lipinski definition) is 0. The minimum Gasteiger partial charge on any atom is -0.378 e. The van der Waals surface area contributed by atoms with Crippen LogP contribution in [0, 0.1) is 0 Å². The Labute approximate surface area is 222 Å². The smallest absolute Gasteiger partial charge is 0.113 e. The van der Waals surface area contributed by atoms with Crippen LogP contribution in [-0.4, -0.2) is 119 Å². The van der Waals surface area contributed by atoms with E-state index in [2.05, 4.69) is 30.4 Å². The molecule has 0 bridgehead atoms. The van der Waals surface area contributed by atoms with Gasteiger partial charge in [-0.3, -0.25) is 9.80 Å². The summed E-state index contributed by atoms with van der Waals surface area (Å²) in [7, 11) is 0. The van der Waals surface area contributed by atoms with Crippen molar-refractivity contribution in [3.8, 4) is 0 Å². The first-order chi connectivity index (χ1) is 18.9. The fourth-order valence-corrected chi connectivity index (χ4v) is 4.35. The van der Waals surface area contributed by atoms with E-state index in [4.69, 9.17) is 18.9 Å². The topological polar surface area (TPSA) is 105 Å². The van der Waals surface area contributed by atoms with Crippen LogP contribution in [0.2, 0.25) is 0 Å². The second-order valence-corrected chi connectivity index (χ2v) is 9.12. The summed E-state index contributed by atoms with van der Waals surface area (Å²) in [5.74, 6) is 0. The zero-order valence-electron chi connectivity index (χ0n) is 21.7. The molecule has 0 atom stereocenters. The highest BCUT2D eigenvalue weighted by molar-refractivity contribution is 5.74. The maximum absolute atomic E-state index is 5.87. The van der Waals surface area contributed by atoms with Gasteiger partial charge in [-0.1, -0.05) is 34.7 Å². The van der Waals surface area contributed by atoms with Crippen molar-refractivity contribution in [3.63, 3.8) is 0 Å². The predicted octanol–water partition coefficient (Wildman–Crippen LogP) is 1.48. The summed E-state index contributed by atoms with van der Waals surface area (Å²) in [5, 5.41) is 17.2. The third-order valence-electron chi connectivity index (χ3n) is 6.46. The fraction of sp³-hybridized carbons (Fsp3) is 0.538. The third kappa shape index (κ3) is 7.53. The van der Waals surface area contributed by atoms with Crippen molar-refractivity contribution in [2.45, 2.75) is 13.3 Å². The molecule has 0 aliphatic carbocycles. The summed E-state index contributed by atoms with van der Waals surface area (Å²) in [4.78, 5) is 4.52. The zero-order chi connectivity index (χ0) is 25.8. The standard InChI is InChI=1S/C26H36N8O4/c1-3-7-25-23(5-1)27-29-33(25)21-31-9-13-35-17-19-37-15-11-32(12-16-38-20-18-36-14-10-31)22-34-26-8-4-2-6-24(26)28-30-34/h1-8H,9-22H2. The highest BCUT2D eigenvalue weighted by Crippen LogP contribution is 2.11. The lowest BCUT2D eigenvalue weighted by atomic mass is 10.3. The van der Waals surface area contributed by atoms with Crippen LogP contribution in [0.5, 0.6) is 0 Å². The monoisotopic (exact) mass is 524 g/mol. The summed E-state index contributed by atoms with van der Waals surface area (Å²) in [6, 6.07) is 16.0. The van der Waals surface area contributed by atoms with Crippen molar-refractivity contribution in [1.82, 2.24) is 39.8 Å². The van der Waals surface area contributed by atoms with Gasteiger partial charge in [-0.25, -0.2) is 9.36 Å². The first-order valence-corrected chi connectivity index (χ1v) is 13.2. The number of ether oxygens (including phenoxy) is 4. The van der Waals surface area contributed by atoms with Gasteiger partial charge in [0.2, 0.25) is 0 Å². The lowest BCUT2D eigenvalue weighted by Gasteiger charge is -2.23. The second-order valence-electron chi connectivity index (χ2n) is 9.12. The normalized spacial score (nSPS) is 18.9. The summed E-state index contributed by atoms with van der Waals surface area (Å²) >= 11 is 0. The quantitative estimate of drug-likeness (QED) is 0.390. The van der Waals surface area contributed by atoms with Crippen molar-refractivity contribution < 1.29 is 18.9 Å². The van der Waals surface area contributed by atoms with Gasteiger partial charge in [-0.05, 0) is 24.3 Å². The van der Waals surface area contributed by atoms with E-state index in [0.717, 1.165) is 48.2 Å². The number of nitrogens with zero attached hydrogens (tertiary/aromatic N) is 8. The Morgan fingerprint density at radius 3 is 1.26 bits per heavy atom. The van der Waals surface area contributed by atoms with Gasteiger partial charge in [0.25, 0.3) is 0 Å². The molecule has 4 aromatic rings. The van der Waals surface area contributed by atoms with Gasteiger partial charge in [-0.15, -0.1) is 10.2 Å². The largest absolute Gasteiger partial charge is 0.378 e. The van der Waals surface area contributed by atoms with E-state index < -0.39 is 0 Å². The Kier molecular flexibility index (Phi) is 9.97. The fourth-order valence-electron chi connectivity index (χ4n) is 4.35. The third-order valence-corrected chi connectivity index (χ3v) is 6.46. The summed E-state index contributed by atoms with van der Waals surface area (Å²) in [6.07, 6.45) is 0. The highest BCUT2D eigenvalue weighted by Gasteiger charge is 2.12. The van der Waals surface area contributed by atoms with E-state index in [1.807, 2.05) is 57.9 Å². The minimum atomic E-state index is 0.549. The summed E-state index contributed by atoms with van der Waals surface area (Å²) in [6.45, 7) is 8.88. The van der Waals surface area contributed by atoms with E-state index in [-0.39, 0.29) is 0 Å². The van der Waals surface area contributed by atoms with Crippen molar-refractivity contribution >= 4 is 22.1 Å². The number of rotatable bonds is 4. The van der Waals surface area contributed by atoms with Crippen LogP contribution in [-0.2, 0) is 32.3 Å². The van der Waals surface area contributed by atoms with Gasteiger partial charge >= 0.3 is 0 Å². The van der Waals surface area contributed by atoms with Crippen LogP contribution in [0.1, 0.15) is 0 Å². The molecule has 204 valence electrons. The second kappa shape index (κ2) is 14.2. The first-order valence-electron chi connectivity index (χ1n) is 13.2. The molecule has 12 heteroatoms. The van der Waals surface area contributed by atoms with Crippen molar-refractivity contribution in [1.29, 1.82) is 0 Å². The molecule has 0 spiro atoms. The van der Waals surface area contributed by atoms with Gasteiger partial charge in [-0.2, -0.15) is 0 Å². The van der Waals surface area contributed by atoms with Crippen LogP contribution in [0.4, 0.5) is 0 Å². The van der Waals surface area contributed by atoms with Gasteiger partial charge in [0.05, 0.1) is 77.2 Å². The number of para-hydroxylation sites is 2. The summed E-state index contributed by atoms with van der Waals surface area (Å²) < 4.78 is 27.3. The molecule has 2 aromatic carbocycles. The Morgan fingerprint density at radius 2 is 0.868 bits per heavy atom. The maximum Gasteiger partial charge on any atom is 0.113 e. The van der Waals surface area contributed by atoms with E-state index in [0.29, 0.717) is 66.2 Å². The van der Waals surface area contributed by atoms with Crippen LogP contribution >= 0.6 is 0 Å². The molecule has 0 radical (unpaired) electrons. The summed E-state index contributed by atoms with van der Waals surface area (Å²) in [5.41, 5.74) is 3.82. The lowest BCUT2D eigenvalue weighted by Crippen LogP contribution is -2.35. The molecule has 0 unspecified atom stereocenters. The number of aromatic nitrogens is 6. The molecule has 0 N–H and O–H groups in total. The maximum atomic E-state index is 5.87. The molecule has 12 nitrogen and oxygen atoms in total. The van der Waals surface area contributed by atoms with E-state index >= 15 is 0 Å². The van der Waals surface area contributed by atoms with Crippen LogP contribution in [0.3, 0.4) is 0 Å². The molecule has 3 heterocycles. The van der Waals surface area contributed by atoms with E-state index in [1.165, 1.54) is 0 Å². The number of hydrogen-bond acceptors (Lipinski definition) is 10. The SMILES string of the molecule is c1ccc2c(c1)nnn2CN1CCOCCOCCN(Cn2nnc3ccccc32)CCOCCOCC1. The van der Waals surface area contributed by atoms with Crippen LogP contribution in [0.25, 0.3) is 22.1 Å². The molecular weight excluding hydrogens is 488 g/mol. The van der Waals surface area contributed by atoms with Crippen LogP contribution < -0.4 is 0 Å². The van der Waals surface area contributed by atoms with Crippen molar-refractivity contribution in [3.05, 3.63) is 48.5 Å². The lowest BCUT2D eigenvalue weighted by molar-refractivity contribution is 0.000233. The van der Waals surface area contributed by atoms with Crippen LogP contribution in [0.15, 0.2) is 48.5 Å². The number of fused-ring (bicyclic) bond motifs is 2. The zero-order valence-corrected chi connectivity index (χ0v) is 21.7. The first kappa shape index (κ1) is 26.6. The average molecular weight is 525 g/mol. The van der Waals surface area contributed by atoms with E-state index in [9.17, 15) is 0 Å². The van der Waals surface area contributed by atoms with Crippen molar-refractivity contribution in [2.24, 2.45) is 0 Å². The Balaban J connectivity index is 1.11. The highest BCUT2D eigenvalue weighted by atomic mass is 16.5.